The Balaban J connectivity index is 1.70. The van der Waals surface area contributed by atoms with Crippen LogP contribution in [0.3, 0.4) is 0 Å². The van der Waals surface area contributed by atoms with Crippen molar-refractivity contribution in [2.24, 2.45) is 5.73 Å². The van der Waals surface area contributed by atoms with Gasteiger partial charge < -0.3 is 16.4 Å². The van der Waals surface area contributed by atoms with Gasteiger partial charge in [0, 0.05) is 43.7 Å². The fraction of sp³-hybridized carbons (Fsp3) is 0.350. The minimum Gasteiger partial charge on any atom is -0.365 e. The molecule has 9 heteroatoms. The van der Waals surface area contributed by atoms with Crippen molar-refractivity contribution in [1.29, 1.82) is 0 Å². The molecular formula is C20H25N5O3S. The molecule has 0 saturated carbocycles. The largest absolute Gasteiger partial charge is 0.365 e. The number of rotatable bonds is 6. The summed E-state index contributed by atoms with van der Waals surface area (Å²) in [6.45, 7) is 6.17. The molecule has 1 aromatic carbocycles. The summed E-state index contributed by atoms with van der Waals surface area (Å²) >= 11 is 1.37. The Labute approximate surface area is 173 Å². The minimum atomic E-state index is -0.542. The summed E-state index contributed by atoms with van der Waals surface area (Å²) in [5.74, 6) is -0.597. The number of nitrogens with one attached hydrogen (secondary N) is 3. The van der Waals surface area contributed by atoms with E-state index >= 15 is 0 Å². The Morgan fingerprint density at radius 2 is 1.90 bits per heavy atom. The van der Waals surface area contributed by atoms with E-state index in [2.05, 4.69) is 20.9 Å². The van der Waals surface area contributed by atoms with Gasteiger partial charge in [-0.25, -0.2) is 4.79 Å². The van der Waals surface area contributed by atoms with Crippen LogP contribution in [0.1, 0.15) is 33.3 Å². The highest BCUT2D eigenvalue weighted by Crippen LogP contribution is 2.36. The second-order valence-electron chi connectivity index (χ2n) is 7.03. The van der Waals surface area contributed by atoms with Crippen LogP contribution in [0.2, 0.25) is 0 Å². The number of nitrogens with zero attached hydrogens (tertiary/aromatic N) is 1. The van der Waals surface area contributed by atoms with Gasteiger partial charge in [-0.3, -0.25) is 19.8 Å². The van der Waals surface area contributed by atoms with E-state index in [1.807, 2.05) is 31.2 Å². The third kappa shape index (κ3) is 5.33. The molecule has 2 heterocycles. The summed E-state index contributed by atoms with van der Waals surface area (Å²) in [4.78, 5) is 38.7. The van der Waals surface area contributed by atoms with Gasteiger partial charge in [-0.1, -0.05) is 17.7 Å². The van der Waals surface area contributed by atoms with Crippen molar-refractivity contribution in [1.82, 2.24) is 10.2 Å². The quantitative estimate of drug-likeness (QED) is 0.579. The Bertz CT molecular complexity index is 923. The Morgan fingerprint density at radius 1 is 1.17 bits per heavy atom. The predicted octanol–water partition coefficient (Wildman–Crippen LogP) is 2.29. The normalized spacial score (nSPS) is 13.4. The van der Waals surface area contributed by atoms with Crippen molar-refractivity contribution in [3.8, 4) is 0 Å². The van der Waals surface area contributed by atoms with Crippen LogP contribution in [0.4, 0.5) is 15.5 Å². The van der Waals surface area contributed by atoms with Gasteiger partial charge in [0.1, 0.15) is 5.00 Å². The number of hydrogen-bond donors (Lipinski definition) is 4. The van der Waals surface area contributed by atoms with E-state index in [0.29, 0.717) is 35.8 Å². The topological polar surface area (TPSA) is 117 Å². The molecule has 0 bridgehead atoms. The zero-order valence-corrected chi connectivity index (χ0v) is 17.3. The maximum Gasteiger partial charge on any atom is 0.324 e. The van der Waals surface area contributed by atoms with Gasteiger partial charge in [0.05, 0.1) is 5.56 Å². The van der Waals surface area contributed by atoms with Gasteiger partial charge in [-0.2, -0.15) is 0 Å². The highest BCUT2D eigenvalue weighted by molar-refractivity contribution is 7.17. The molecule has 0 spiro atoms. The number of carbonyl (C=O) groups excluding carboxylic acids is 3. The number of anilines is 2. The van der Waals surface area contributed by atoms with Crippen molar-refractivity contribution in [2.75, 3.05) is 30.3 Å². The van der Waals surface area contributed by atoms with Crippen LogP contribution >= 0.6 is 11.3 Å². The molecule has 8 nitrogen and oxygen atoms in total. The summed E-state index contributed by atoms with van der Waals surface area (Å²) in [5.41, 5.74) is 8.68. The number of thiophene rings is 1. The number of fused-ring (bicyclic) bond motifs is 1. The van der Waals surface area contributed by atoms with Gasteiger partial charge in [-0.15, -0.1) is 11.3 Å². The lowest BCUT2D eigenvalue weighted by Gasteiger charge is -2.26. The Morgan fingerprint density at radius 3 is 2.55 bits per heavy atom. The van der Waals surface area contributed by atoms with Gasteiger partial charge in [0.25, 0.3) is 5.91 Å². The highest BCUT2D eigenvalue weighted by atomic mass is 32.1. The number of benzene rings is 1. The molecule has 0 saturated heterocycles. The van der Waals surface area contributed by atoms with E-state index < -0.39 is 11.9 Å². The van der Waals surface area contributed by atoms with Crippen LogP contribution in [0.15, 0.2) is 24.3 Å². The smallest absolute Gasteiger partial charge is 0.324 e. The summed E-state index contributed by atoms with van der Waals surface area (Å²) < 4.78 is 0. The second kappa shape index (κ2) is 9.06. The third-order valence-electron chi connectivity index (χ3n) is 4.72. The number of primary amides is 1. The van der Waals surface area contributed by atoms with Crippen LogP contribution in [-0.2, 0) is 17.8 Å². The molecule has 1 aromatic heterocycles. The summed E-state index contributed by atoms with van der Waals surface area (Å²) in [5, 5.41) is 8.80. The van der Waals surface area contributed by atoms with Crippen molar-refractivity contribution >= 4 is 39.9 Å². The maximum atomic E-state index is 12.4. The zero-order chi connectivity index (χ0) is 21.0. The molecular weight excluding hydrogens is 390 g/mol. The van der Waals surface area contributed by atoms with Crippen LogP contribution in [0.5, 0.6) is 0 Å². The molecule has 29 heavy (non-hydrogen) atoms. The Kier molecular flexibility index (Phi) is 6.50. The lowest BCUT2D eigenvalue weighted by molar-refractivity contribution is -0.119. The third-order valence-corrected chi connectivity index (χ3v) is 5.85. The van der Waals surface area contributed by atoms with Crippen molar-refractivity contribution in [3.63, 3.8) is 0 Å². The summed E-state index contributed by atoms with van der Waals surface area (Å²) in [6, 6.07) is 7.03. The van der Waals surface area contributed by atoms with Crippen LogP contribution in [0, 0.1) is 6.92 Å². The molecule has 3 rings (SSSR count). The molecule has 0 fully saturated rings. The van der Waals surface area contributed by atoms with E-state index in [0.717, 1.165) is 29.1 Å². The number of carbonyl (C=O) groups is 3. The first-order chi connectivity index (χ1) is 13.8. The lowest BCUT2D eigenvalue weighted by atomic mass is 10.0. The molecule has 0 aliphatic carbocycles. The first-order valence-corrected chi connectivity index (χ1v) is 10.2. The van der Waals surface area contributed by atoms with Gasteiger partial charge in [-0.05, 0) is 31.0 Å². The number of amides is 4. The molecule has 0 radical (unpaired) electrons. The van der Waals surface area contributed by atoms with Crippen molar-refractivity contribution in [3.05, 3.63) is 45.8 Å². The Hall–Kier alpha value is -2.91. The summed E-state index contributed by atoms with van der Waals surface area (Å²) in [7, 11) is 0. The SMILES string of the molecule is CC(=O)NCCN1CCc2c(sc(NC(=O)Nc3ccc(C)cc3)c2C(N)=O)C1. The number of hydrogen-bond acceptors (Lipinski definition) is 5. The van der Waals surface area contributed by atoms with Gasteiger partial charge in [0.2, 0.25) is 5.91 Å². The second-order valence-corrected chi connectivity index (χ2v) is 8.13. The molecule has 1 aliphatic rings. The number of urea groups is 1. The molecule has 1 aliphatic heterocycles. The van der Waals surface area contributed by atoms with E-state index in [-0.39, 0.29) is 5.91 Å². The fourth-order valence-corrected chi connectivity index (χ4v) is 4.58. The van der Waals surface area contributed by atoms with E-state index in [9.17, 15) is 14.4 Å². The monoisotopic (exact) mass is 415 g/mol. The average molecular weight is 416 g/mol. The molecule has 5 N–H and O–H groups in total. The number of nitrogens with two attached hydrogens (primary N) is 1. The minimum absolute atomic E-state index is 0.0547. The van der Waals surface area contributed by atoms with Crippen LogP contribution in [0.25, 0.3) is 0 Å². The molecule has 154 valence electrons. The first kappa shape index (κ1) is 20.8. The fourth-order valence-electron chi connectivity index (χ4n) is 3.29. The predicted molar refractivity (Wildman–Crippen MR) is 114 cm³/mol. The number of aryl methyl sites for hydroxylation is 1. The molecule has 2 aromatic rings. The average Bonchev–Trinajstić information content (AvgIpc) is 3.00. The van der Waals surface area contributed by atoms with E-state index in [1.165, 1.54) is 18.3 Å². The maximum absolute atomic E-state index is 12.4. The highest BCUT2D eigenvalue weighted by Gasteiger charge is 2.27. The summed E-state index contributed by atoms with van der Waals surface area (Å²) in [6.07, 6.45) is 0.672. The standard InChI is InChI=1S/C20H25N5O3S/c1-12-3-5-14(6-4-12)23-20(28)24-19-17(18(21)27)15-7-9-25(11-16(15)29-19)10-8-22-13(2)26/h3-6H,7-11H2,1-2H3,(H2,21,27)(H,22,26)(H2,23,24,28). The molecule has 4 amide bonds. The van der Waals surface area contributed by atoms with Crippen molar-refractivity contribution in [2.45, 2.75) is 26.8 Å². The van der Waals surface area contributed by atoms with E-state index in [4.69, 9.17) is 5.73 Å². The van der Waals surface area contributed by atoms with Gasteiger partial charge in [0.15, 0.2) is 0 Å². The zero-order valence-electron chi connectivity index (χ0n) is 16.5. The lowest BCUT2D eigenvalue weighted by Crippen LogP contribution is -2.37. The molecule has 0 unspecified atom stereocenters. The van der Waals surface area contributed by atoms with Crippen LogP contribution in [-0.4, -0.2) is 42.4 Å². The van der Waals surface area contributed by atoms with Gasteiger partial charge >= 0.3 is 6.03 Å². The van der Waals surface area contributed by atoms with E-state index in [1.54, 1.807) is 0 Å². The van der Waals surface area contributed by atoms with Crippen LogP contribution < -0.4 is 21.7 Å². The van der Waals surface area contributed by atoms with Crippen molar-refractivity contribution < 1.29 is 14.4 Å². The molecule has 0 atom stereocenters. The first-order valence-electron chi connectivity index (χ1n) is 9.39.